The van der Waals surface area contributed by atoms with E-state index >= 15 is 0 Å². The first kappa shape index (κ1) is 14.0. The molecule has 0 aliphatic carbocycles. The summed E-state index contributed by atoms with van der Waals surface area (Å²) in [6.07, 6.45) is 1.86. The third-order valence-corrected chi connectivity index (χ3v) is 3.40. The van der Waals surface area contributed by atoms with Crippen molar-refractivity contribution in [2.24, 2.45) is 5.41 Å². The molecule has 0 aromatic carbocycles. The van der Waals surface area contributed by atoms with Crippen LogP contribution in [-0.2, 0) is 9.59 Å². The summed E-state index contributed by atoms with van der Waals surface area (Å²) in [5.74, 6) is -0.0886. The van der Waals surface area contributed by atoms with Crippen molar-refractivity contribution in [3.8, 4) is 0 Å². The van der Waals surface area contributed by atoms with Crippen LogP contribution < -0.4 is 16.0 Å². The minimum absolute atomic E-state index is 0.0213. The zero-order valence-electron chi connectivity index (χ0n) is 11.1. The van der Waals surface area contributed by atoms with Gasteiger partial charge in [0.05, 0.1) is 11.0 Å². The van der Waals surface area contributed by atoms with Crippen LogP contribution in [0.5, 0.6) is 0 Å². The molecule has 5 heteroatoms. The van der Waals surface area contributed by atoms with Crippen molar-refractivity contribution < 1.29 is 9.59 Å². The molecule has 3 N–H and O–H groups in total. The van der Waals surface area contributed by atoms with Crippen molar-refractivity contribution in [1.29, 1.82) is 0 Å². The molecule has 0 aromatic rings. The molecular formula is C12H23N3O2. The molecule has 5 nitrogen and oxygen atoms in total. The molecule has 1 fully saturated rings. The Morgan fingerprint density at radius 3 is 2.53 bits per heavy atom. The standard InChI is InChI=1S/C12H23N3O2/c1-11(2,9(16)13-4)8-14-10(17)12(3)6-5-7-15-12/h15H,5-8H2,1-4H3,(H,13,16)(H,14,17). The summed E-state index contributed by atoms with van der Waals surface area (Å²) in [6, 6.07) is 0. The molecule has 0 spiro atoms. The van der Waals surface area contributed by atoms with Gasteiger partial charge in [-0.3, -0.25) is 9.59 Å². The van der Waals surface area contributed by atoms with E-state index in [0.717, 1.165) is 19.4 Å². The summed E-state index contributed by atoms with van der Waals surface area (Å²) in [4.78, 5) is 23.6. The number of amides is 2. The summed E-state index contributed by atoms with van der Waals surface area (Å²) < 4.78 is 0. The lowest BCUT2D eigenvalue weighted by Crippen LogP contribution is -2.54. The molecule has 0 bridgehead atoms. The van der Waals surface area contributed by atoms with Gasteiger partial charge in [0.2, 0.25) is 11.8 Å². The van der Waals surface area contributed by atoms with E-state index in [9.17, 15) is 9.59 Å². The Bertz CT molecular complexity index is 307. The van der Waals surface area contributed by atoms with Crippen LogP contribution >= 0.6 is 0 Å². The van der Waals surface area contributed by atoms with E-state index in [1.807, 2.05) is 20.8 Å². The van der Waals surface area contributed by atoms with Crippen LogP contribution in [0.15, 0.2) is 0 Å². The highest BCUT2D eigenvalue weighted by molar-refractivity contribution is 5.87. The van der Waals surface area contributed by atoms with Gasteiger partial charge in [0.1, 0.15) is 0 Å². The molecule has 1 saturated heterocycles. The second-order valence-electron chi connectivity index (χ2n) is 5.51. The molecule has 1 aliphatic heterocycles. The van der Waals surface area contributed by atoms with Gasteiger partial charge < -0.3 is 16.0 Å². The van der Waals surface area contributed by atoms with Crippen LogP contribution in [0.25, 0.3) is 0 Å². The molecule has 0 saturated carbocycles. The Morgan fingerprint density at radius 1 is 1.41 bits per heavy atom. The Kier molecular flexibility index (Phi) is 4.14. The predicted molar refractivity (Wildman–Crippen MR) is 66.5 cm³/mol. The number of rotatable bonds is 4. The summed E-state index contributed by atoms with van der Waals surface area (Å²) in [6.45, 7) is 6.76. The van der Waals surface area contributed by atoms with Gasteiger partial charge in [0.15, 0.2) is 0 Å². The molecular weight excluding hydrogens is 218 g/mol. The van der Waals surface area contributed by atoms with Crippen LogP contribution in [0.2, 0.25) is 0 Å². The lowest BCUT2D eigenvalue weighted by atomic mass is 9.91. The van der Waals surface area contributed by atoms with Crippen LogP contribution in [0.3, 0.4) is 0 Å². The van der Waals surface area contributed by atoms with Crippen molar-refractivity contribution in [2.75, 3.05) is 20.1 Å². The van der Waals surface area contributed by atoms with Crippen molar-refractivity contribution in [2.45, 2.75) is 39.2 Å². The molecule has 1 heterocycles. The fourth-order valence-electron chi connectivity index (χ4n) is 2.00. The first-order valence-corrected chi connectivity index (χ1v) is 6.07. The third kappa shape index (κ3) is 3.19. The lowest BCUT2D eigenvalue weighted by molar-refractivity contribution is -0.130. The molecule has 1 aliphatic rings. The molecule has 2 amide bonds. The molecule has 1 atom stereocenters. The van der Waals surface area contributed by atoms with E-state index in [4.69, 9.17) is 0 Å². The van der Waals surface area contributed by atoms with E-state index in [1.54, 1.807) is 7.05 Å². The van der Waals surface area contributed by atoms with Crippen molar-refractivity contribution >= 4 is 11.8 Å². The minimum Gasteiger partial charge on any atom is -0.359 e. The second kappa shape index (κ2) is 5.04. The lowest BCUT2D eigenvalue weighted by Gasteiger charge is -2.27. The SMILES string of the molecule is CNC(=O)C(C)(C)CNC(=O)C1(C)CCCN1. The molecule has 1 rings (SSSR count). The van der Waals surface area contributed by atoms with Gasteiger partial charge in [-0.15, -0.1) is 0 Å². The summed E-state index contributed by atoms with van der Waals surface area (Å²) in [5.41, 5.74) is -1.06. The fourth-order valence-corrected chi connectivity index (χ4v) is 2.00. The highest BCUT2D eigenvalue weighted by atomic mass is 16.2. The van der Waals surface area contributed by atoms with Crippen molar-refractivity contribution in [3.63, 3.8) is 0 Å². The highest BCUT2D eigenvalue weighted by Gasteiger charge is 2.37. The van der Waals surface area contributed by atoms with Crippen molar-refractivity contribution in [3.05, 3.63) is 0 Å². The van der Waals surface area contributed by atoms with E-state index in [-0.39, 0.29) is 11.8 Å². The maximum Gasteiger partial charge on any atom is 0.240 e. The fraction of sp³-hybridized carbons (Fsp3) is 0.833. The second-order valence-corrected chi connectivity index (χ2v) is 5.51. The Labute approximate surface area is 103 Å². The predicted octanol–water partition coefficient (Wildman–Crippen LogP) is 0.0169. The molecule has 1 unspecified atom stereocenters. The topological polar surface area (TPSA) is 70.2 Å². The van der Waals surface area contributed by atoms with Crippen LogP contribution in [-0.4, -0.2) is 37.5 Å². The third-order valence-electron chi connectivity index (χ3n) is 3.40. The van der Waals surface area contributed by atoms with E-state index < -0.39 is 11.0 Å². The Balaban J connectivity index is 2.50. The minimum atomic E-state index is -0.584. The van der Waals surface area contributed by atoms with Gasteiger partial charge in [-0.1, -0.05) is 0 Å². The Morgan fingerprint density at radius 2 is 2.06 bits per heavy atom. The first-order valence-electron chi connectivity index (χ1n) is 6.07. The monoisotopic (exact) mass is 241 g/mol. The maximum absolute atomic E-state index is 12.0. The zero-order valence-corrected chi connectivity index (χ0v) is 11.1. The van der Waals surface area contributed by atoms with Gasteiger partial charge in [-0.2, -0.15) is 0 Å². The Hall–Kier alpha value is -1.10. The number of nitrogens with one attached hydrogen (secondary N) is 3. The van der Waals surface area contributed by atoms with Gasteiger partial charge in [-0.25, -0.2) is 0 Å². The van der Waals surface area contributed by atoms with Gasteiger partial charge in [-0.05, 0) is 40.2 Å². The van der Waals surface area contributed by atoms with Gasteiger partial charge in [0.25, 0.3) is 0 Å². The first-order chi connectivity index (χ1) is 7.82. The molecule has 17 heavy (non-hydrogen) atoms. The van der Waals surface area contributed by atoms with Crippen molar-refractivity contribution in [1.82, 2.24) is 16.0 Å². The summed E-state index contributed by atoms with van der Waals surface area (Å²) in [7, 11) is 1.60. The number of carbonyl (C=O) groups excluding carboxylic acids is 2. The van der Waals surface area contributed by atoms with Gasteiger partial charge >= 0.3 is 0 Å². The number of hydrogen-bond acceptors (Lipinski definition) is 3. The molecule has 0 aromatic heterocycles. The summed E-state index contributed by atoms with van der Waals surface area (Å²) in [5, 5.41) is 8.66. The summed E-state index contributed by atoms with van der Waals surface area (Å²) >= 11 is 0. The zero-order chi connectivity index (χ0) is 13.1. The van der Waals surface area contributed by atoms with E-state index in [2.05, 4.69) is 16.0 Å². The largest absolute Gasteiger partial charge is 0.359 e. The quantitative estimate of drug-likeness (QED) is 0.650. The molecule has 98 valence electrons. The maximum atomic E-state index is 12.0. The van der Waals surface area contributed by atoms with E-state index in [1.165, 1.54) is 0 Å². The number of hydrogen-bond donors (Lipinski definition) is 3. The van der Waals surface area contributed by atoms with Gasteiger partial charge in [0, 0.05) is 13.6 Å². The smallest absolute Gasteiger partial charge is 0.240 e. The number of carbonyl (C=O) groups is 2. The molecule has 0 radical (unpaired) electrons. The average molecular weight is 241 g/mol. The normalized spacial score (nSPS) is 24.5. The van der Waals surface area contributed by atoms with Crippen LogP contribution in [0.1, 0.15) is 33.6 Å². The van der Waals surface area contributed by atoms with E-state index in [0.29, 0.717) is 6.54 Å². The highest BCUT2D eigenvalue weighted by Crippen LogP contribution is 2.19. The van der Waals surface area contributed by atoms with Crippen LogP contribution in [0, 0.1) is 5.41 Å². The van der Waals surface area contributed by atoms with Crippen LogP contribution in [0.4, 0.5) is 0 Å². The average Bonchev–Trinajstić information content (AvgIpc) is 2.73.